The van der Waals surface area contributed by atoms with Crippen molar-refractivity contribution in [3.05, 3.63) is 35.9 Å². The number of aliphatic carboxylic acids is 1. The predicted molar refractivity (Wildman–Crippen MR) is 78.2 cm³/mol. The van der Waals surface area contributed by atoms with Gasteiger partial charge in [0.1, 0.15) is 6.61 Å². The number of carbonyl (C=O) groups is 2. The molecule has 2 N–H and O–H groups in total. The van der Waals surface area contributed by atoms with Gasteiger partial charge in [-0.05, 0) is 18.4 Å². The molecule has 7 heteroatoms. The van der Waals surface area contributed by atoms with Crippen molar-refractivity contribution < 1.29 is 28.2 Å². The first-order chi connectivity index (χ1) is 10.8. The zero-order valence-corrected chi connectivity index (χ0v) is 12.6. The van der Waals surface area contributed by atoms with E-state index in [2.05, 4.69) is 5.32 Å². The standard InChI is InChI=1S/C16H19F2NO4/c17-16(18)8-6-15(7-9-16,10-13(20)21)19-14(22)23-11-12-4-2-1-3-5-12/h1-5H,6-11H2,(H,19,22)(H,20,21). The third-order valence-corrected chi connectivity index (χ3v) is 4.01. The van der Waals surface area contributed by atoms with Gasteiger partial charge in [0.2, 0.25) is 5.92 Å². The number of carbonyl (C=O) groups excluding carboxylic acids is 1. The number of nitrogens with one attached hydrogen (secondary N) is 1. The zero-order valence-electron chi connectivity index (χ0n) is 12.6. The predicted octanol–water partition coefficient (Wildman–Crippen LogP) is 3.34. The van der Waals surface area contributed by atoms with Crippen LogP contribution in [0.1, 0.15) is 37.7 Å². The van der Waals surface area contributed by atoms with Gasteiger partial charge in [-0.15, -0.1) is 0 Å². The van der Waals surface area contributed by atoms with Crippen molar-refractivity contribution in [1.29, 1.82) is 0 Å². The van der Waals surface area contributed by atoms with Gasteiger partial charge in [0, 0.05) is 12.8 Å². The van der Waals surface area contributed by atoms with Gasteiger partial charge < -0.3 is 15.2 Å². The molecule has 1 aliphatic rings. The summed E-state index contributed by atoms with van der Waals surface area (Å²) in [6, 6.07) is 8.98. The maximum Gasteiger partial charge on any atom is 0.407 e. The third-order valence-electron chi connectivity index (χ3n) is 4.01. The Bertz CT molecular complexity index is 552. The van der Waals surface area contributed by atoms with E-state index in [0.717, 1.165) is 5.56 Å². The van der Waals surface area contributed by atoms with E-state index in [0.29, 0.717) is 0 Å². The highest BCUT2D eigenvalue weighted by Gasteiger charge is 2.45. The van der Waals surface area contributed by atoms with Crippen LogP contribution in [0.25, 0.3) is 0 Å². The molecule has 0 heterocycles. The molecule has 1 aromatic rings. The van der Waals surface area contributed by atoms with Crippen LogP contribution in [0.3, 0.4) is 0 Å². The van der Waals surface area contributed by atoms with Crippen LogP contribution in [0.15, 0.2) is 30.3 Å². The van der Waals surface area contributed by atoms with Crippen LogP contribution in [0, 0.1) is 0 Å². The quantitative estimate of drug-likeness (QED) is 0.870. The van der Waals surface area contributed by atoms with Crippen molar-refractivity contribution in [1.82, 2.24) is 5.32 Å². The largest absolute Gasteiger partial charge is 0.481 e. The molecule has 1 saturated carbocycles. The Labute approximate surface area is 132 Å². The minimum absolute atomic E-state index is 0.0337. The van der Waals surface area contributed by atoms with Crippen LogP contribution in [0.4, 0.5) is 13.6 Å². The Hall–Kier alpha value is -2.18. The summed E-state index contributed by atoms with van der Waals surface area (Å²) in [7, 11) is 0. The summed E-state index contributed by atoms with van der Waals surface area (Å²) in [5.41, 5.74) is -0.397. The van der Waals surface area contributed by atoms with Gasteiger partial charge >= 0.3 is 12.1 Å². The molecule has 0 atom stereocenters. The normalized spacial score (nSPS) is 18.9. The van der Waals surface area contributed by atoms with Crippen LogP contribution in [0.2, 0.25) is 0 Å². The lowest BCUT2D eigenvalue weighted by atomic mass is 9.78. The number of hydrogen-bond acceptors (Lipinski definition) is 3. The van der Waals surface area contributed by atoms with E-state index in [4.69, 9.17) is 9.84 Å². The number of alkyl halides is 2. The Morgan fingerprint density at radius 2 is 1.74 bits per heavy atom. The van der Waals surface area contributed by atoms with Crippen molar-refractivity contribution in [2.45, 2.75) is 50.2 Å². The maximum absolute atomic E-state index is 13.3. The number of ether oxygens (including phenoxy) is 1. The van der Waals surface area contributed by atoms with E-state index in [1.165, 1.54) is 0 Å². The highest BCUT2D eigenvalue weighted by molar-refractivity contribution is 5.72. The number of carboxylic acids is 1. The summed E-state index contributed by atoms with van der Waals surface area (Å²) in [6.07, 6.45) is -2.26. The number of rotatable bonds is 5. The summed E-state index contributed by atoms with van der Waals surface area (Å²) in [4.78, 5) is 22.9. The molecule has 5 nitrogen and oxygen atoms in total. The first-order valence-electron chi connectivity index (χ1n) is 7.39. The fourth-order valence-corrected chi connectivity index (χ4v) is 2.71. The molecule has 1 aromatic carbocycles. The van der Waals surface area contributed by atoms with E-state index in [1.54, 1.807) is 24.3 Å². The van der Waals surface area contributed by atoms with E-state index >= 15 is 0 Å². The number of benzene rings is 1. The number of alkyl carbamates (subject to hydrolysis) is 1. The van der Waals surface area contributed by atoms with Gasteiger partial charge in [0.05, 0.1) is 12.0 Å². The smallest absolute Gasteiger partial charge is 0.407 e. The van der Waals surface area contributed by atoms with Gasteiger partial charge in [-0.3, -0.25) is 4.79 Å². The molecule has 126 valence electrons. The molecule has 23 heavy (non-hydrogen) atoms. The first-order valence-corrected chi connectivity index (χ1v) is 7.39. The molecule has 1 fully saturated rings. The second-order valence-electron chi connectivity index (χ2n) is 5.89. The summed E-state index contributed by atoms with van der Waals surface area (Å²) in [5, 5.41) is 11.5. The lowest BCUT2D eigenvalue weighted by Gasteiger charge is -2.39. The Kier molecular flexibility index (Phi) is 5.18. The molecule has 0 spiro atoms. The third kappa shape index (κ3) is 5.19. The van der Waals surface area contributed by atoms with Crippen LogP contribution < -0.4 is 5.32 Å². The van der Waals surface area contributed by atoms with E-state index in [1.807, 2.05) is 6.07 Å². The van der Waals surface area contributed by atoms with E-state index in [-0.39, 0.29) is 19.4 Å². The van der Waals surface area contributed by atoms with Gasteiger partial charge in [-0.2, -0.15) is 0 Å². The number of halogens is 2. The molecular formula is C16H19F2NO4. The van der Waals surface area contributed by atoms with Crippen LogP contribution in [-0.4, -0.2) is 28.6 Å². The molecule has 2 rings (SSSR count). The highest BCUT2D eigenvalue weighted by Crippen LogP contribution is 2.40. The van der Waals surface area contributed by atoms with Crippen molar-refractivity contribution in [2.24, 2.45) is 0 Å². The lowest BCUT2D eigenvalue weighted by Crippen LogP contribution is -2.53. The van der Waals surface area contributed by atoms with Crippen molar-refractivity contribution >= 4 is 12.1 Å². The zero-order chi connectivity index (χ0) is 16.9. The Morgan fingerprint density at radius 1 is 1.13 bits per heavy atom. The molecule has 0 radical (unpaired) electrons. The molecule has 1 amide bonds. The average molecular weight is 327 g/mol. The minimum Gasteiger partial charge on any atom is -0.481 e. The fourth-order valence-electron chi connectivity index (χ4n) is 2.71. The summed E-state index contributed by atoms with van der Waals surface area (Å²) < 4.78 is 31.7. The van der Waals surface area contributed by atoms with Gasteiger partial charge in [-0.1, -0.05) is 30.3 Å². The number of hydrogen-bond donors (Lipinski definition) is 2. The molecule has 0 aliphatic heterocycles. The molecule has 0 saturated heterocycles. The van der Waals surface area contributed by atoms with Crippen LogP contribution >= 0.6 is 0 Å². The SMILES string of the molecule is O=C(O)CC1(NC(=O)OCc2ccccc2)CCC(F)(F)CC1. The molecule has 0 unspecified atom stereocenters. The highest BCUT2D eigenvalue weighted by atomic mass is 19.3. The Balaban J connectivity index is 1.95. The van der Waals surface area contributed by atoms with Crippen molar-refractivity contribution in [3.8, 4) is 0 Å². The topological polar surface area (TPSA) is 75.6 Å². The summed E-state index contributed by atoms with van der Waals surface area (Å²) in [6.45, 7) is 0.0337. The number of carboxylic acid groups (broad SMARTS) is 1. The summed E-state index contributed by atoms with van der Waals surface area (Å²) in [5.74, 6) is -3.95. The number of amides is 1. The lowest BCUT2D eigenvalue weighted by molar-refractivity contribution is -0.140. The Morgan fingerprint density at radius 3 is 2.30 bits per heavy atom. The van der Waals surface area contributed by atoms with E-state index in [9.17, 15) is 18.4 Å². The summed E-state index contributed by atoms with van der Waals surface area (Å²) >= 11 is 0. The maximum atomic E-state index is 13.3. The molecule has 1 aliphatic carbocycles. The van der Waals surface area contributed by atoms with Crippen LogP contribution in [-0.2, 0) is 16.1 Å². The first kappa shape index (κ1) is 17.2. The monoisotopic (exact) mass is 327 g/mol. The van der Waals surface area contributed by atoms with Crippen LogP contribution in [0.5, 0.6) is 0 Å². The van der Waals surface area contributed by atoms with E-state index < -0.39 is 42.8 Å². The van der Waals surface area contributed by atoms with Crippen molar-refractivity contribution in [3.63, 3.8) is 0 Å². The van der Waals surface area contributed by atoms with Gasteiger partial charge in [-0.25, -0.2) is 13.6 Å². The van der Waals surface area contributed by atoms with Gasteiger partial charge in [0.15, 0.2) is 0 Å². The van der Waals surface area contributed by atoms with Gasteiger partial charge in [0.25, 0.3) is 0 Å². The fraction of sp³-hybridized carbons (Fsp3) is 0.500. The molecule has 0 bridgehead atoms. The van der Waals surface area contributed by atoms with Crippen molar-refractivity contribution in [2.75, 3.05) is 0 Å². The molecular weight excluding hydrogens is 308 g/mol. The molecule has 0 aromatic heterocycles. The second-order valence-corrected chi connectivity index (χ2v) is 5.89. The minimum atomic E-state index is -2.81. The average Bonchev–Trinajstić information content (AvgIpc) is 2.49. The second kappa shape index (κ2) is 6.93.